The maximum atomic E-state index is 11.7. The largest absolute Gasteiger partial charge is 0.772 e. The molecule has 2 unspecified atom stereocenters. The molecule has 2 aromatic rings. The van der Waals surface area contributed by atoms with Gasteiger partial charge in [-0.05, 0) is 70.7 Å². The van der Waals surface area contributed by atoms with Gasteiger partial charge in [-0.25, -0.2) is 0 Å². The molecule has 0 aromatic heterocycles. The highest BCUT2D eigenvalue weighted by atomic mass is 35.5. The zero-order chi connectivity index (χ0) is 20.3. The Balaban J connectivity index is 1.77. The first kappa shape index (κ1) is 21.3. The van der Waals surface area contributed by atoms with Crippen LogP contribution in [0.5, 0.6) is 0 Å². The summed E-state index contributed by atoms with van der Waals surface area (Å²) in [6.07, 6.45) is 1.97. The Labute approximate surface area is 175 Å². The minimum atomic E-state index is -2.16. The van der Waals surface area contributed by atoms with Crippen LogP contribution in [-0.4, -0.2) is 21.9 Å². The van der Waals surface area contributed by atoms with E-state index in [4.69, 9.17) is 11.6 Å². The van der Waals surface area contributed by atoms with Crippen LogP contribution in [0.2, 0.25) is 5.02 Å². The third-order valence-corrected chi connectivity index (χ3v) is 6.89. The van der Waals surface area contributed by atoms with Gasteiger partial charge >= 0.3 is 0 Å². The average molecular weight is 420 g/mol. The zero-order valence-electron chi connectivity index (χ0n) is 16.7. The van der Waals surface area contributed by atoms with Gasteiger partial charge in [0.15, 0.2) is 0 Å². The zero-order valence-corrected chi connectivity index (χ0v) is 18.3. The van der Waals surface area contributed by atoms with Gasteiger partial charge in [-0.2, -0.15) is 0 Å². The highest BCUT2D eigenvalue weighted by molar-refractivity contribution is 7.79. The van der Waals surface area contributed by atoms with E-state index >= 15 is 0 Å². The Morgan fingerprint density at radius 1 is 1.14 bits per heavy atom. The number of anilines is 1. The van der Waals surface area contributed by atoms with Crippen molar-refractivity contribution < 1.29 is 8.76 Å². The number of hydrogen-bond acceptors (Lipinski definition) is 4. The first-order chi connectivity index (χ1) is 13.3. The molecule has 3 rings (SSSR count). The molecule has 1 aliphatic heterocycles. The third-order valence-electron chi connectivity index (χ3n) is 5.21. The molecule has 2 atom stereocenters. The Hall–Kier alpha value is -1.40. The topological polar surface area (TPSA) is 64.2 Å². The van der Waals surface area contributed by atoms with Gasteiger partial charge in [-0.1, -0.05) is 62.7 Å². The smallest absolute Gasteiger partial charge is 0.0640 e. The summed E-state index contributed by atoms with van der Waals surface area (Å²) in [6.45, 7) is 8.43. The maximum Gasteiger partial charge on any atom is 0.0640 e. The molecule has 0 saturated carbocycles. The van der Waals surface area contributed by atoms with Gasteiger partial charge in [0, 0.05) is 6.54 Å². The van der Waals surface area contributed by atoms with Crippen LogP contribution in [0.1, 0.15) is 48.3 Å². The van der Waals surface area contributed by atoms with Crippen LogP contribution in [0.3, 0.4) is 0 Å². The summed E-state index contributed by atoms with van der Waals surface area (Å²) >= 11 is 4.32. The number of rotatable bonds is 5. The van der Waals surface area contributed by atoms with E-state index in [1.54, 1.807) is 0 Å². The molecule has 6 heteroatoms. The minimum Gasteiger partial charge on any atom is -0.772 e. The second-order valence-electron chi connectivity index (χ2n) is 8.41. The molecule has 0 aliphatic carbocycles. The highest BCUT2D eigenvalue weighted by Crippen LogP contribution is 2.37. The molecule has 1 aliphatic rings. The first-order valence-corrected chi connectivity index (χ1v) is 11.2. The van der Waals surface area contributed by atoms with Crippen molar-refractivity contribution in [2.24, 2.45) is 5.41 Å². The summed E-state index contributed by atoms with van der Waals surface area (Å²) in [7, 11) is 0. The number of benzene rings is 2. The van der Waals surface area contributed by atoms with Crippen LogP contribution < -0.4 is 10.6 Å². The Bertz CT molecular complexity index is 847. The summed E-state index contributed by atoms with van der Waals surface area (Å²) in [6, 6.07) is 11.9. The number of nitrogens with one attached hydrogen (secondary N) is 2. The summed E-state index contributed by atoms with van der Waals surface area (Å²) in [5, 5.41) is 7.15. The number of hydrogen-bond donors (Lipinski definition) is 2. The molecule has 0 amide bonds. The fraction of sp³-hybridized carbons (Fsp3) is 0.455. The first-order valence-electron chi connectivity index (χ1n) is 9.69. The van der Waals surface area contributed by atoms with Crippen LogP contribution in [0, 0.1) is 5.41 Å². The van der Waals surface area contributed by atoms with Gasteiger partial charge in [0.1, 0.15) is 0 Å². The van der Waals surface area contributed by atoms with Gasteiger partial charge in [0.2, 0.25) is 0 Å². The molecular formula is C22H28ClN2O2S-. The van der Waals surface area contributed by atoms with E-state index in [-0.39, 0.29) is 5.41 Å². The molecule has 152 valence electrons. The van der Waals surface area contributed by atoms with Crippen molar-refractivity contribution >= 4 is 28.4 Å². The maximum absolute atomic E-state index is 11.7. The SMILES string of the molecule is CC(C)(C)C(c1ccc(CNc2c(Cl)ccc3c2CCNCC3)cc1)S(=O)[O-]. The Morgan fingerprint density at radius 2 is 1.82 bits per heavy atom. The molecule has 0 fully saturated rings. The van der Waals surface area contributed by atoms with Gasteiger partial charge in [-0.15, -0.1) is 0 Å². The predicted molar refractivity (Wildman–Crippen MR) is 117 cm³/mol. The lowest BCUT2D eigenvalue weighted by Gasteiger charge is -2.32. The third kappa shape index (κ3) is 4.95. The van der Waals surface area contributed by atoms with E-state index in [9.17, 15) is 8.76 Å². The highest BCUT2D eigenvalue weighted by Gasteiger charge is 2.27. The molecule has 2 aromatic carbocycles. The van der Waals surface area contributed by atoms with E-state index in [2.05, 4.69) is 16.7 Å². The molecule has 0 bridgehead atoms. The second kappa shape index (κ2) is 8.95. The van der Waals surface area contributed by atoms with Crippen molar-refractivity contribution in [3.63, 3.8) is 0 Å². The van der Waals surface area contributed by atoms with E-state index < -0.39 is 16.3 Å². The number of halogens is 1. The molecular weight excluding hydrogens is 392 g/mol. The van der Waals surface area contributed by atoms with Gasteiger partial charge in [-0.3, -0.25) is 4.21 Å². The molecule has 4 nitrogen and oxygen atoms in total. The fourth-order valence-electron chi connectivity index (χ4n) is 3.84. The van der Waals surface area contributed by atoms with Gasteiger partial charge < -0.3 is 15.2 Å². The van der Waals surface area contributed by atoms with Crippen molar-refractivity contribution in [2.45, 2.75) is 45.4 Å². The molecule has 0 spiro atoms. The quantitative estimate of drug-likeness (QED) is 0.695. The lowest BCUT2D eigenvalue weighted by molar-refractivity contribution is 0.373. The van der Waals surface area contributed by atoms with Crippen molar-refractivity contribution in [2.75, 3.05) is 18.4 Å². The molecule has 0 radical (unpaired) electrons. The summed E-state index contributed by atoms with van der Waals surface area (Å²) in [5.74, 6) is 0. The van der Waals surface area contributed by atoms with E-state index in [1.165, 1.54) is 11.1 Å². The van der Waals surface area contributed by atoms with Crippen molar-refractivity contribution in [3.05, 3.63) is 63.7 Å². The monoisotopic (exact) mass is 419 g/mol. The minimum absolute atomic E-state index is 0.352. The normalized spacial score (nSPS) is 16.8. The van der Waals surface area contributed by atoms with Crippen molar-refractivity contribution in [3.8, 4) is 0 Å². The lowest BCUT2D eigenvalue weighted by Crippen LogP contribution is -2.22. The lowest BCUT2D eigenvalue weighted by atomic mass is 9.87. The van der Waals surface area contributed by atoms with Gasteiger partial charge in [0.05, 0.1) is 16.0 Å². The van der Waals surface area contributed by atoms with E-state index in [0.29, 0.717) is 6.54 Å². The van der Waals surface area contributed by atoms with Crippen molar-refractivity contribution in [1.82, 2.24) is 5.32 Å². The van der Waals surface area contributed by atoms with Crippen LogP contribution in [0.25, 0.3) is 0 Å². The van der Waals surface area contributed by atoms with Crippen LogP contribution in [-0.2, 0) is 30.5 Å². The predicted octanol–water partition coefficient (Wildman–Crippen LogP) is 4.61. The van der Waals surface area contributed by atoms with Gasteiger partial charge in [0.25, 0.3) is 0 Å². The fourth-order valence-corrected chi connectivity index (χ4v) is 5.04. The number of fused-ring (bicyclic) bond motifs is 1. The van der Waals surface area contributed by atoms with Crippen molar-refractivity contribution in [1.29, 1.82) is 0 Å². The van der Waals surface area contributed by atoms with Crippen LogP contribution in [0.15, 0.2) is 36.4 Å². The molecule has 1 heterocycles. The van der Waals surface area contributed by atoms with Crippen LogP contribution >= 0.6 is 11.6 Å². The molecule has 2 N–H and O–H groups in total. The standard InChI is InChI=1S/C22H29ClN2O2S/c1-22(2,3)21(28(26)27)17-6-4-15(5-7-17)14-25-20-18-11-13-24-12-10-16(18)8-9-19(20)23/h4-9,21,24-25H,10-14H2,1-3H3,(H,26,27)/p-1. The summed E-state index contributed by atoms with van der Waals surface area (Å²) < 4.78 is 23.4. The van der Waals surface area contributed by atoms with E-state index in [0.717, 1.165) is 47.8 Å². The summed E-state index contributed by atoms with van der Waals surface area (Å²) in [5.41, 5.74) is 5.22. The Kier molecular flexibility index (Phi) is 6.81. The van der Waals surface area contributed by atoms with Crippen LogP contribution in [0.4, 0.5) is 5.69 Å². The Morgan fingerprint density at radius 3 is 2.46 bits per heavy atom. The van der Waals surface area contributed by atoms with E-state index in [1.807, 2.05) is 51.1 Å². The summed E-state index contributed by atoms with van der Waals surface area (Å²) in [4.78, 5) is 0. The second-order valence-corrected chi connectivity index (χ2v) is 9.81. The average Bonchev–Trinajstić information content (AvgIpc) is 2.86. The molecule has 28 heavy (non-hydrogen) atoms. The molecule has 0 saturated heterocycles.